The summed E-state index contributed by atoms with van der Waals surface area (Å²) < 4.78 is 0. The minimum Gasteiger partial charge on any atom is -0.344 e. The molecule has 0 bridgehead atoms. The van der Waals surface area contributed by atoms with Crippen LogP contribution in [0.5, 0.6) is 0 Å². The van der Waals surface area contributed by atoms with E-state index in [0.717, 1.165) is 0 Å². The van der Waals surface area contributed by atoms with E-state index in [2.05, 4.69) is 4.89 Å². The highest BCUT2D eigenvalue weighted by Gasteiger charge is 1.26. The van der Waals surface area contributed by atoms with Gasteiger partial charge in [-0.1, -0.05) is 0 Å². The van der Waals surface area contributed by atoms with Gasteiger partial charge in [-0.3, -0.25) is 5.26 Å². The van der Waals surface area contributed by atoms with E-state index < -0.39 is 0 Å². The van der Waals surface area contributed by atoms with Gasteiger partial charge in [-0.25, -0.2) is 4.89 Å². The Bertz CT molecular complexity index is 6.00. The van der Waals surface area contributed by atoms with Crippen LogP contribution in [-0.2, 0) is 4.89 Å². The molecule has 0 radical (unpaired) electrons. The summed E-state index contributed by atoms with van der Waals surface area (Å²) in [6.45, 7) is 0. The predicted molar refractivity (Wildman–Crippen MR) is 14.7 cm³/mol. The minimum atomic E-state index is 0. The van der Waals surface area contributed by atoms with Crippen LogP contribution in [-0.4, -0.2) is 12.4 Å². The van der Waals surface area contributed by atoms with Crippen molar-refractivity contribution in [2.45, 2.75) is 0 Å². The predicted octanol–water partition coefficient (Wildman–Crippen LogP) is 0.268. The first-order valence-corrected chi connectivity index (χ1v) is 0.591. The molecule has 0 heterocycles. The number of rotatable bonds is 0. The van der Waals surface area contributed by atoms with Crippen molar-refractivity contribution in [3.05, 3.63) is 0 Å². The lowest BCUT2D eigenvalue weighted by atomic mass is 11.8. The van der Waals surface area contributed by atoms with Gasteiger partial charge < -0.3 is 6.15 Å². The largest absolute Gasteiger partial charge is 0.344 e. The van der Waals surface area contributed by atoms with E-state index in [4.69, 9.17) is 5.26 Å². The van der Waals surface area contributed by atoms with Gasteiger partial charge in [-0.05, 0) is 0 Å². The average Bonchev–Trinajstić information content (AvgIpc) is 0.918. The molecule has 0 atom stereocenters. The van der Waals surface area contributed by atoms with Crippen LogP contribution in [0.2, 0.25) is 0 Å². The molecular formula is CH7NO2. The lowest BCUT2D eigenvalue weighted by molar-refractivity contribution is -0.214. The second-order valence-corrected chi connectivity index (χ2v) is 0.183. The quantitative estimate of drug-likeness (QED) is 0.314. The van der Waals surface area contributed by atoms with Crippen molar-refractivity contribution >= 4 is 0 Å². The van der Waals surface area contributed by atoms with Gasteiger partial charge in [-0.15, -0.1) is 0 Å². The lowest BCUT2D eigenvalue weighted by Crippen LogP contribution is -1.57. The zero-order valence-electron chi connectivity index (χ0n) is 2.56. The molecule has 4 heavy (non-hydrogen) atoms. The highest BCUT2D eigenvalue weighted by Crippen LogP contribution is 1.26. The molecule has 0 unspecified atom stereocenters. The zero-order valence-corrected chi connectivity index (χ0v) is 2.56. The van der Waals surface area contributed by atoms with Crippen LogP contribution in [0.1, 0.15) is 0 Å². The van der Waals surface area contributed by atoms with E-state index in [0.29, 0.717) is 0 Å². The first-order chi connectivity index (χ1) is 1.41. The van der Waals surface area contributed by atoms with E-state index in [-0.39, 0.29) is 6.15 Å². The fourth-order valence-corrected chi connectivity index (χ4v) is 0. The molecule has 0 aliphatic rings. The minimum absolute atomic E-state index is 0. The van der Waals surface area contributed by atoms with Gasteiger partial charge in [0.2, 0.25) is 0 Å². The Morgan fingerprint density at radius 3 is 1.75 bits per heavy atom. The Morgan fingerprint density at radius 2 is 1.75 bits per heavy atom. The smallest absolute Gasteiger partial charge is 0.0710 e. The molecule has 0 fully saturated rings. The summed E-state index contributed by atoms with van der Waals surface area (Å²) in [6, 6.07) is 0. The summed E-state index contributed by atoms with van der Waals surface area (Å²) in [6.07, 6.45) is 0. The molecule has 0 spiro atoms. The Labute approximate surface area is 24.7 Å². The molecule has 0 saturated heterocycles. The summed E-state index contributed by atoms with van der Waals surface area (Å²) in [4.78, 5) is 3.25. The molecular weight excluding hydrogens is 58.0 g/mol. The van der Waals surface area contributed by atoms with E-state index in [9.17, 15) is 0 Å². The first-order valence-electron chi connectivity index (χ1n) is 0.591. The summed E-state index contributed by atoms with van der Waals surface area (Å²) in [7, 11) is 1.18. The van der Waals surface area contributed by atoms with Gasteiger partial charge in [0.1, 0.15) is 0 Å². The Hall–Kier alpha value is -0.120. The summed E-state index contributed by atoms with van der Waals surface area (Å²) >= 11 is 0. The molecule has 0 rings (SSSR count). The molecule has 4 N–H and O–H groups in total. The van der Waals surface area contributed by atoms with Crippen molar-refractivity contribution in [2.75, 3.05) is 7.11 Å². The van der Waals surface area contributed by atoms with Crippen molar-refractivity contribution in [3.8, 4) is 0 Å². The van der Waals surface area contributed by atoms with Crippen molar-refractivity contribution in [2.24, 2.45) is 0 Å². The Kier molecular flexibility index (Phi) is 29.9. The second-order valence-electron chi connectivity index (χ2n) is 0.183. The second kappa shape index (κ2) is 13.1. The van der Waals surface area contributed by atoms with E-state index >= 15 is 0 Å². The van der Waals surface area contributed by atoms with Crippen LogP contribution >= 0.6 is 0 Å². The van der Waals surface area contributed by atoms with Crippen LogP contribution in [0.15, 0.2) is 0 Å². The Balaban J connectivity index is 0. The zero-order chi connectivity index (χ0) is 2.71. The standard InChI is InChI=1S/CH4O2.H3N/c1-3-2;/h2H,1H3;1H3. The molecule has 3 heteroatoms. The normalized spacial score (nSPS) is 4.50. The summed E-state index contributed by atoms with van der Waals surface area (Å²) in [5.41, 5.74) is 0. The molecule has 28 valence electrons. The van der Waals surface area contributed by atoms with E-state index in [1.54, 1.807) is 0 Å². The first kappa shape index (κ1) is 9.11. The van der Waals surface area contributed by atoms with Crippen LogP contribution in [0, 0.1) is 0 Å². The van der Waals surface area contributed by atoms with Crippen LogP contribution < -0.4 is 6.15 Å². The molecule has 0 amide bonds. The maximum Gasteiger partial charge on any atom is 0.0710 e. The molecule has 0 aliphatic carbocycles. The van der Waals surface area contributed by atoms with Crippen molar-refractivity contribution in [1.82, 2.24) is 6.15 Å². The SMILES string of the molecule is COO.N. The van der Waals surface area contributed by atoms with Crippen molar-refractivity contribution < 1.29 is 10.1 Å². The fraction of sp³-hybridized carbons (Fsp3) is 1.00. The Morgan fingerprint density at radius 1 is 1.75 bits per heavy atom. The topological polar surface area (TPSA) is 64.5 Å². The number of hydrogen-bond donors (Lipinski definition) is 2. The monoisotopic (exact) mass is 65.0 g/mol. The van der Waals surface area contributed by atoms with Crippen molar-refractivity contribution in [1.29, 1.82) is 0 Å². The molecule has 0 saturated carbocycles. The summed E-state index contributed by atoms with van der Waals surface area (Å²) in [5.74, 6) is 0. The fourth-order valence-electron chi connectivity index (χ4n) is 0. The third-order valence-electron chi connectivity index (χ3n) is 0. The average molecular weight is 65.1 g/mol. The maximum absolute atomic E-state index is 7.07. The molecule has 0 aromatic heterocycles. The van der Waals surface area contributed by atoms with Gasteiger partial charge in [0.15, 0.2) is 0 Å². The van der Waals surface area contributed by atoms with Crippen LogP contribution in [0.25, 0.3) is 0 Å². The molecule has 0 aromatic carbocycles. The molecule has 3 nitrogen and oxygen atoms in total. The highest BCUT2D eigenvalue weighted by atomic mass is 17.1. The lowest BCUT2D eigenvalue weighted by Gasteiger charge is -1.59. The maximum atomic E-state index is 7.07. The summed E-state index contributed by atoms with van der Waals surface area (Å²) in [5, 5.41) is 7.07. The van der Waals surface area contributed by atoms with E-state index in [1.807, 2.05) is 0 Å². The third-order valence-corrected chi connectivity index (χ3v) is 0. The van der Waals surface area contributed by atoms with Gasteiger partial charge >= 0.3 is 0 Å². The number of hydrogen-bond acceptors (Lipinski definition) is 3. The van der Waals surface area contributed by atoms with Gasteiger partial charge in [0, 0.05) is 0 Å². The third kappa shape index (κ3) is 101. The van der Waals surface area contributed by atoms with Gasteiger partial charge in [0.25, 0.3) is 0 Å². The van der Waals surface area contributed by atoms with E-state index in [1.165, 1.54) is 7.11 Å². The highest BCUT2D eigenvalue weighted by molar-refractivity contribution is 3.30. The molecule has 0 aromatic rings. The van der Waals surface area contributed by atoms with Gasteiger partial charge in [0.05, 0.1) is 7.11 Å². The van der Waals surface area contributed by atoms with Crippen LogP contribution in [0.3, 0.4) is 0 Å². The van der Waals surface area contributed by atoms with Gasteiger partial charge in [-0.2, -0.15) is 0 Å². The molecule has 0 aliphatic heterocycles. The van der Waals surface area contributed by atoms with Crippen molar-refractivity contribution in [3.63, 3.8) is 0 Å². The van der Waals surface area contributed by atoms with Crippen LogP contribution in [0.4, 0.5) is 0 Å².